The van der Waals surface area contributed by atoms with Crippen LogP contribution in [0.15, 0.2) is 36.4 Å². The van der Waals surface area contributed by atoms with E-state index >= 15 is 0 Å². The lowest BCUT2D eigenvalue weighted by molar-refractivity contribution is 0.178. The van der Waals surface area contributed by atoms with E-state index in [0.717, 1.165) is 16.8 Å². The maximum atomic E-state index is 5.99. The van der Waals surface area contributed by atoms with E-state index in [-0.39, 0.29) is 0 Å². The van der Waals surface area contributed by atoms with Crippen LogP contribution in [0.5, 0.6) is 0 Å². The van der Waals surface area contributed by atoms with Gasteiger partial charge in [-0.1, -0.05) is 18.1 Å². The summed E-state index contributed by atoms with van der Waals surface area (Å²) in [5.41, 5.74) is 9.76. The van der Waals surface area contributed by atoms with Crippen molar-refractivity contribution in [2.75, 3.05) is 12.8 Å². The fraction of sp³-hybridized carbons (Fsp3) is 0.118. The van der Waals surface area contributed by atoms with Gasteiger partial charge in [-0.3, -0.25) is 0 Å². The number of nitrogens with zero attached hydrogens (tertiary/aromatic N) is 3. The Balaban J connectivity index is 2.11. The van der Waals surface area contributed by atoms with Crippen molar-refractivity contribution in [3.63, 3.8) is 0 Å². The zero-order valence-electron chi connectivity index (χ0n) is 12.1. The van der Waals surface area contributed by atoms with Crippen LogP contribution in [-0.2, 0) is 11.3 Å². The van der Waals surface area contributed by atoms with Crippen LogP contribution < -0.4 is 5.73 Å². The third-order valence-corrected chi connectivity index (χ3v) is 3.21. The van der Waals surface area contributed by atoms with E-state index in [0.29, 0.717) is 29.3 Å². The molecule has 0 unspecified atom stereocenters. The summed E-state index contributed by atoms with van der Waals surface area (Å²) in [6, 6.07) is 11.4. The summed E-state index contributed by atoms with van der Waals surface area (Å²) >= 11 is 0. The number of aromatic nitrogens is 3. The highest BCUT2D eigenvalue weighted by Gasteiger charge is 2.09. The molecule has 2 aromatic heterocycles. The molecule has 2 N–H and O–H groups in total. The van der Waals surface area contributed by atoms with Crippen LogP contribution in [0.2, 0.25) is 0 Å². The predicted octanol–water partition coefficient (Wildman–Crippen LogP) is 2.40. The van der Waals surface area contributed by atoms with Gasteiger partial charge in [0, 0.05) is 18.2 Å². The van der Waals surface area contributed by atoms with Gasteiger partial charge in [0.15, 0.2) is 11.6 Å². The van der Waals surface area contributed by atoms with Crippen LogP contribution in [0, 0.1) is 12.3 Å². The van der Waals surface area contributed by atoms with Crippen molar-refractivity contribution in [3.8, 4) is 23.6 Å². The highest BCUT2D eigenvalue weighted by Crippen LogP contribution is 2.23. The molecule has 3 aromatic rings. The number of terminal acetylenes is 1. The molecule has 5 heteroatoms. The molecule has 0 atom stereocenters. The Labute approximate surface area is 128 Å². The van der Waals surface area contributed by atoms with E-state index in [1.54, 1.807) is 7.11 Å². The van der Waals surface area contributed by atoms with Crippen molar-refractivity contribution in [2.24, 2.45) is 0 Å². The number of fused-ring (bicyclic) bond motifs is 1. The fourth-order valence-electron chi connectivity index (χ4n) is 2.21. The number of rotatable bonds is 3. The van der Waals surface area contributed by atoms with Gasteiger partial charge in [0.25, 0.3) is 0 Å². The lowest BCUT2D eigenvalue weighted by atomic mass is 10.1. The van der Waals surface area contributed by atoms with Crippen molar-refractivity contribution in [1.82, 2.24) is 15.0 Å². The molecule has 0 aliphatic heterocycles. The molecule has 0 radical (unpaired) electrons. The molecule has 0 aliphatic rings. The molecule has 0 bridgehead atoms. The molecule has 0 aliphatic carbocycles. The number of methoxy groups -OCH3 is 1. The minimum atomic E-state index is 0.312. The van der Waals surface area contributed by atoms with Crippen LogP contribution in [-0.4, -0.2) is 22.1 Å². The predicted molar refractivity (Wildman–Crippen MR) is 85.8 cm³/mol. The van der Waals surface area contributed by atoms with Gasteiger partial charge >= 0.3 is 0 Å². The Kier molecular flexibility index (Phi) is 3.69. The summed E-state index contributed by atoms with van der Waals surface area (Å²) in [6.45, 7) is 0.312. The average Bonchev–Trinajstić information content (AvgIpc) is 2.55. The summed E-state index contributed by atoms with van der Waals surface area (Å²) < 4.78 is 5.03. The van der Waals surface area contributed by atoms with Crippen LogP contribution >= 0.6 is 0 Å². The molecule has 0 saturated carbocycles. The SMILES string of the molecule is C#Cc1cccc(-c2ccc3nc(COC)nc(N)c3n2)c1. The smallest absolute Gasteiger partial charge is 0.157 e. The highest BCUT2D eigenvalue weighted by atomic mass is 16.5. The second-order valence-corrected chi connectivity index (χ2v) is 4.75. The van der Waals surface area contributed by atoms with Crippen molar-refractivity contribution >= 4 is 16.9 Å². The van der Waals surface area contributed by atoms with E-state index in [2.05, 4.69) is 20.9 Å². The Hall–Kier alpha value is -2.97. The van der Waals surface area contributed by atoms with Crippen LogP contribution in [0.1, 0.15) is 11.4 Å². The summed E-state index contributed by atoms with van der Waals surface area (Å²) in [4.78, 5) is 13.2. The zero-order chi connectivity index (χ0) is 15.5. The zero-order valence-corrected chi connectivity index (χ0v) is 12.1. The van der Waals surface area contributed by atoms with Crippen molar-refractivity contribution < 1.29 is 4.74 Å². The Morgan fingerprint density at radius 2 is 2.05 bits per heavy atom. The van der Waals surface area contributed by atoms with Gasteiger partial charge in [-0.05, 0) is 24.3 Å². The number of nitrogen functional groups attached to an aromatic ring is 1. The first-order valence-electron chi connectivity index (χ1n) is 6.70. The molecule has 22 heavy (non-hydrogen) atoms. The van der Waals surface area contributed by atoms with Crippen LogP contribution in [0.25, 0.3) is 22.3 Å². The van der Waals surface area contributed by atoms with E-state index in [1.807, 2.05) is 36.4 Å². The molecule has 1 aromatic carbocycles. The van der Waals surface area contributed by atoms with Gasteiger partial charge in [-0.15, -0.1) is 6.42 Å². The van der Waals surface area contributed by atoms with Gasteiger partial charge < -0.3 is 10.5 Å². The first-order chi connectivity index (χ1) is 10.7. The lowest BCUT2D eigenvalue weighted by Crippen LogP contribution is -2.03. The quantitative estimate of drug-likeness (QED) is 0.750. The Morgan fingerprint density at radius 1 is 1.18 bits per heavy atom. The van der Waals surface area contributed by atoms with Crippen molar-refractivity contribution in [2.45, 2.75) is 6.61 Å². The fourth-order valence-corrected chi connectivity index (χ4v) is 2.21. The van der Waals surface area contributed by atoms with Gasteiger partial charge in [0.1, 0.15) is 12.1 Å². The van der Waals surface area contributed by atoms with E-state index < -0.39 is 0 Å². The largest absolute Gasteiger partial charge is 0.382 e. The molecule has 0 fully saturated rings. The third-order valence-electron chi connectivity index (χ3n) is 3.21. The lowest BCUT2D eigenvalue weighted by Gasteiger charge is -2.07. The second-order valence-electron chi connectivity index (χ2n) is 4.75. The molecular weight excluding hydrogens is 276 g/mol. The van der Waals surface area contributed by atoms with Gasteiger partial charge in [0.05, 0.1) is 11.2 Å². The molecule has 108 valence electrons. The first kappa shape index (κ1) is 14.0. The van der Waals surface area contributed by atoms with E-state index in [9.17, 15) is 0 Å². The minimum absolute atomic E-state index is 0.312. The summed E-state index contributed by atoms with van der Waals surface area (Å²) in [5, 5.41) is 0. The van der Waals surface area contributed by atoms with Crippen molar-refractivity contribution in [1.29, 1.82) is 0 Å². The molecule has 0 spiro atoms. The Bertz CT molecular complexity index is 883. The molecule has 0 amide bonds. The number of hydrogen-bond donors (Lipinski definition) is 1. The Morgan fingerprint density at radius 3 is 2.82 bits per heavy atom. The number of ether oxygens (including phenoxy) is 1. The molecule has 5 nitrogen and oxygen atoms in total. The summed E-state index contributed by atoms with van der Waals surface area (Å²) in [6.07, 6.45) is 5.43. The minimum Gasteiger partial charge on any atom is -0.382 e. The highest BCUT2D eigenvalue weighted by molar-refractivity contribution is 5.86. The van der Waals surface area contributed by atoms with Gasteiger partial charge in [-0.25, -0.2) is 15.0 Å². The molecule has 0 saturated heterocycles. The van der Waals surface area contributed by atoms with E-state index in [1.165, 1.54) is 0 Å². The summed E-state index contributed by atoms with van der Waals surface area (Å²) in [5.74, 6) is 3.49. The van der Waals surface area contributed by atoms with Gasteiger partial charge in [-0.2, -0.15) is 0 Å². The number of benzene rings is 1. The molecular formula is C17H14N4O. The number of pyridine rings is 1. The van der Waals surface area contributed by atoms with Crippen LogP contribution in [0.4, 0.5) is 5.82 Å². The topological polar surface area (TPSA) is 73.9 Å². The monoisotopic (exact) mass is 290 g/mol. The standard InChI is InChI=1S/C17H14N4O/c1-3-11-5-4-6-12(9-11)13-7-8-14-16(20-13)17(18)21-15(19-14)10-22-2/h1,4-9H,10H2,2H3,(H2,18,19,21). The normalized spacial score (nSPS) is 10.5. The number of hydrogen-bond acceptors (Lipinski definition) is 5. The number of anilines is 1. The molecule has 2 heterocycles. The maximum Gasteiger partial charge on any atom is 0.157 e. The average molecular weight is 290 g/mol. The van der Waals surface area contributed by atoms with Crippen molar-refractivity contribution in [3.05, 3.63) is 47.8 Å². The first-order valence-corrected chi connectivity index (χ1v) is 6.70. The number of nitrogens with two attached hydrogens (primary N) is 1. The van der Waals surface area contributed by atoms with Gasteiger partial charge in [0.2, 0.25) is 0 Å². The molecule has 3 rings (SSSR count). The van der Waals surface area contributed by atoms with Crippen LogP contribution in [0.3, 0.4) is 0 Å². The van der Waals surface area contributed by atoms with E-state index in [4.69, 9.17) is 16.9 Å². The maximum absolute atomic E-state index is 5.99. The summed E-state index contributed by atoms with van der Waals surface area (Å²) in [7, 11) is 1.59. The second kappa shape index (κ2) is 5.80. The third kappa shape index (κ3) is 2.60.